The van der Waals surface area contributed by atoms with Crippen LogP contribution in [0.4, 0.5) is 19.0 Å². The third-order valence-corrected chi connectivity index (χ3v) is 7.19. The van der Waals surface area contributed by atoms with Crippen LogP contribution < -0.4 is 5.32 Å². The van der Waals surface area contributed by atoms with E-state index in [1.165, 1.54) is 12.3 Å². The van der Waals surface area contributed by atoms with Crippen molar-refractivity contribution in [1.29, 1.82) is 0 Å². The molecular formula is C26H20ClF3N6O3S. The van der Waals surface area contributed by atoms with Crippen molar-refractivity contribution in [2.24, 2.45) is 0 Å². The van der Waals surface area contributed by atoms with Crippen LogP contribution in [0.2, 0.25) is 5.02 Å². The van der Waals surface area contributed by atoms with Gasteiger partial charge in [-0.1, -0.05) is 24.6 Å². The summed E-state index contributed by atoms with van der Waals surface area (Å²) in [5.41, 5.74) is -0.00958. The molecule has 1 unspecified atom stereocenters. The summed E-state index contributed by atoms with van der Waals surface area (Å²) in [6.07, 6.45) is 2.50. The lowest BCUT2D eigenvalue weighted by Gasteiger charge is -2.10. The largest absolute Gasteiger partial charge is 0.418 e. The van der Waals surface area contributed by atoms with Gasteiger partial charge in [0.25, 0.3) is 5.91 Å². The molecule has 40 heavy (non-hydrogen) atoms. The van der Waals surface area contributed by atoms with E-state index in [0.29, 0.717) is 17.5 Å². The van der Waals surface area contributed by atoms with Crippen molar-refractivity contribution in [3.63, 3.8) is 0 Å². The van der Waals surface area contributed by atoms with E-state index in [1.54, 1.807) is 25.4 Å². The van der Waals surface area contributed by atoms with Crippen molar-refractivity contribution in [1.82, 2.24) is 24.9 Å². The zero-order valence-corrected chi connectivity index (χ0v) is 22.3. The number of aromatic nitrogens is 5. The number of pyridine rings is 2. The number of aryl methyl sites for hydroxylation is 1. The second-order valence-corrected chi connectivity index (χ2v) is 10.1. The lowest BCUT2D eigenvalue weighted by atomic mass is 10.0. The standard InChI is InChI=1S/C26H20ClF3N6O3S/c1-14(7-21(38)19-9-18(34-13-35-19)20(37)5-4-15-3-2-6-31-10-15)25-33-12-22(40-25)24(39)36-23-8-16(26(28,29)30)17(27)11-32-23/h2-3,6,8-14H,4-5,7H2,1H3,(H,32,36,39). The number of thiazole rings is 1. The molecule has 4 rings (SSSR count). The molecule has 0 aliphatic heterocycles. The molecule has 0 aliphatic carbocycles. The third kappa shape index (κ3) is 7.30. The Labute approximate surface area is 234 Å². The van der Waals surface area contributed by atoms with E-state index in [2.05, 4.69) is 30.2 Å². The molecule has 4 aromatic heterocycles. The van der Waals surface area contributed by atoms with Gasteiger partial charge < -0.3 is 5.32 Å². The van der Waals surface area contributed by atoms with Gasteiger partial charge in [0.05, 0.1) is 21.8 Å². The Morgan fingerprint density at radius 1 is 1.02 bits per heavy atom. The molecule has 14 heteroatoms. The molecule has 0 fully saturated rings. The van der Waals surface area contributed by atoms with E-state index in [9.17, 15) is 27.6 Å². The number of ketones is 2. The van der Waals surface area contributed by atoms with Gasteiger partial charge in [0.2, 0.25) is 0 Å². The fraction of sp³-hybridized carbons (Fsp3) is 0.231. The van der Waals surface area contributed by atoms with Crippen LogP contribution in [0.5, 0.6) is 0 Å². The summed E-state index contributed by atoms with van der Waals surface area (Å²) in [6, 6.07) is 5.64. The first-order chi connectivity index (χ1) is 19.0. The molecule has 0 saturated heterocycles. The highest BCUT2D eigenvalue weighted by molar-refractivity contribution is 7.13. The van der Waals surface area contributed by atoms with Crippen molar-refractivity contribution < 1.29 is 27.6 Å². The van der Waals surface area contributed by atoms with E-state index in [1.807, 2.05) is 6.07 Å². The molecule has 0 radical (unpaired) electrons. The van der Waals surface area contributed by atoms with Gasteiger partial charge in [-0.2, -0.15) is 13.2 Å². The Balaban J connectivity index is 1.37. The number of nitrogens with one attached hydrogen (secondary N) is 1. The van der Waals surface area contributed by atoms with Gasteiger partial charge in [0.1, 0.15) is 28.4 Å². The quantitative estimate of drug-likeness (QED) is 0.229. The average Bonchev–Trinajstić information content (AvgIpc) is 3.44. The number of anilines is 1. The Morgan fingerprint density at radius 3 is 2.48 bits per heavy atom. The molecular weight excluding hydrogens is 569 g/mol. The predicted molar refractivity (Wildman–Crippen MR) is 141 cm³/mol. The van der Waals surface area contributed by atoms with Crippen LogP contribution in [0.15, 0.2) is 55.4 Å². The summed E-state index contributed by atoms with van der Waals surface area (Å²) in [7, 11) is 0. The molecule has 0 saturated carbocycles. The smallest absolute Gasteiger partial charge is 0.306 e. The molecule has 206 valence electrons. The maximum Gasteiger partial charge on any atom is 0.418 e. The number of carbonyl (C=O) groups is 3. The molecule has 0 aromatic carbocycles. The molecule has 0 aliphatic rings. The average molecular weight is 589 g/mol. The summed E-state index contributed by atoms with van der Waals surface area (Å²) < 4.78 is 39.2. The Morgan fingerprint density at radius 2 is 1.77 bits per heavy atom. The van der Waals surface area contributed by atoms with Crippen LogP contribution in [0.3, 0.4) is 0 Å². The lowest BCUT2D eigenvalue weighted by molar-refractivity contribution is -0.137. The Bertz CT molecular complexity index is 1550. The van der Waals surface area contributed by atoms with Gasteiger partial charge >= 0.3 is 6.18 Å². The minimum absolute atomic E-state index is 0.0113. The molecule has 1 atom stereocenters. The van der Waals surface area contributed by atoms with Crippen molar-refractivity contribution >= 4 is 46.2 Å². The van der Waals surface area contributed by atoms with Crippen LogP contribution in [-0.2, 0) is 12.6 Å². The topological polar surface area (TPSA) is 128 Å². The minimum atomic E-state index is -4.71. The number of Topliss-reactive ketones (excluding diaryl/α,β-unsaturated/α-hetero) is 2. The molecule has 1 N–H and O–H groups in total. The third-order valence-electron chi connectivity index (χ3n) is 5.66. The highest BCUT2D eigenvalue weighted by Gasteiger charge is 2.34. The second-order valence-electron chi connectivity index (χ2n) is 8.67. The number of amides is 1. The van der Waals surface area contributed by atoms with E-state index in [0.717, 1.165) is 29.4 Å². The highest BCUT2D eigenvalue weighted by Crippen LogP contribution is 2.35. The lowest BCUT2D eigenvalue weighted by Crippen LogP contribution is -2.13. The van der Waals surface area contributed by atoms with Crippen molar-refractivity contribution in [2.45, 2.75) is 38.3 Å². The SMILES string of the molecule is CC(CC(=O)c1cc(C(=O)CCc2cccnc2)ncn1)c1ncc(C(=O)Nc2cc(C(F)(F)F)c(Cl)cn2)s1. The van der Waals surface area contributed by atoms with Crippen LogP contribution in [0.25, 0.3) is 0 Å². The number of hydrogen-bond donors (Lipinski definition) is 1. The first-order valence-electron chi connectivity index (χ1n) is 11.8. The predicted octanol–water partition coefficient (Wildman–Crippen LogP) is 5.84. The van der Waals surface area contributed by atoms with Gasteiger partial charge in [-0.05, 0) is 30.2 Å². The van der Waals surface area contributed by atoms with Gasteiger partial charge in [0.15, 0.2) is 11.6 Å². The highest BCUT2D eigenvalue weighted by atomic mass is 35.5. The number of rotatable bonds is 10. The number of alkyl halides is 3. The van der Waals surface area contributed by atoms with Gasteiger partial charge in [-0.25, -0.2) is 19.9 Å². The summed E-state index contributed by atoms with van der Waals surface area (Å²) in [5.74, 6) is -2.03. The monoisotopic (exact) mass is 588 g/mol. The van der Waals surface area contributed by atoms with Crippen molar-refractivity contribution in [3.05, 3.63) is 92.8 Å². The van der Waals surface area contributed by atoms with Gasteiger partial charge in [-0.3, -0.25) is 19.4 Å². The number of halogens is 4. The summed E-state index contributed by atoms with van der Waals surface area (Å²) in [6.45, 7) is 1.73. The molecule has 0 bridgehead atoms. The van der Waals surface area contributed by atoms with Gasteiger partial charge in [-0.15, -0.1) is 11.3 Å². The zero-order chi connectivity index (χ0) is 28.9. The molecule has 4 aromatic rings. The zero-order valence-electron chi connectivity index (χ0n) is 20.8. The maximum atomic E-state index is 13.1. The van der Waals surface area contributed by atoms with E-state index in [4.69, 9.17) is 11.6 Å². The van der Waals surface area contributed by atoms with E-state index < -0.39 is 28.6 Å². The number of carbonyl (C=O) groups excluding carboxylic acids is 3. The maximum absolute atomic E-state index is 13.1. The summed E-state index contributed by atoms with van der Waals surface area (Å²) >= 11 is 6.55. The van der Waals surface area contributed by atoms with Crippen LogP contribution >= 0.6 is 22.9 Å². The van der Waals surface area contributed by atoms with Crippen LogP contribution in [0, 0.1) is 0 Å². The molecule has 1 amide bonds. The molecule has 0 spiro atoms. The van der Waals surface area contributed by atoms with Crippen LogP contribution in [0.1, 0.15) is 72.5 Å². The molecule has 9 nitrogen and oxygen atoms in total. The Kier molecular flexibility index (Phi) is 8.95. The van der Waals surface area contributed by atoms with Crippen molar-refractivity contribution in [2.75, 3.05) is 5.32 Å². The fourth-order valence-corrected chi connectivity index (χ4v) is 4.66. The molecule has 4 heterocycles. The normalized spacial score (nSPS) is 12.1. The number of nitrogens with zero attached hydrogens (tertiary/aromatic N) is 5. The summed E-state index contributed by atoms with van der Waals surface area (Å²) in [4.78, 5) is 58.1. The van der Waals surface area contributed by atoms with Crippen LogP contribution in [-0.4, -0.2) is 42.4 Å². The minimum Gasteiger partial charge on any atom is -0.306 e. The Hall–Kier alpha value is -4.10. The van der Waals surface area contributed by atoms with Gasteiger partial charge in [0, 0.05) is 37.4 Å². The van der Waals surface area contributed by atoms with Crippen molar-refractivity contribution in [3.8, 4) is 0 Å². The van der Waals surface area contributed by atoms with E-state index in [-0.39, 0.29) is 46.5 Å². The second kappa shape index (κ2) is 12.4. The number of hydrogen-bond acceptors (Lipinski definition) is 9. The first kappa shape index (κ1) is 28.9. The first-order valence-corrected chi connectivity index (χ1v) is 13.0. The van der Waals surface area contributed by atoms with E-state index >= 15 is 0 Å². The fourth-order valence-electron chi connectivity index (χ4n) is 3.59. The summed E-state index contributed by atoms with van der Waals surface area (Å²) in [5, 5.41) is 2.17.